The quantitative estimate of drug-likeness (QED) is 0.176. The van der Waals surface area contributed by atoms with Crippen LogP contribution in [0.1, 0.15) is 58.2 Å². The molecule has 2 aliphatic rings. The van der Waals surface area contributed by atoms with E-state index < -0.39 is 9.84 Å². The van der Waals surface area contributed by atoms with Gasteiger partial charge in [0.2, 0.25) is 21.6 Å². The second-order valence-electron chi connectivity index (χ2n) is 11.6. The molecule has 4 aromatic heterocycles. The van der Waals surface area contributed by atoms with Crippen LogP contribution in [0.2, 0.25) is 0 Å². The first kappa shape index (κ1) is 28.5. The molecule has 0 atom stereocenters. The van der Waals surface area contributed by atoms with Crippen molar-refractivity contribution in [3.05, 3.63) is 81.1 Å². The highest BCUT2D eigenvalue weighted by Crippen LogP contribution is 2.42. The van der Waals surface area contributed by atoms with Gasteiger partial charge in [-0.25, -0.2) is 18.4 Å². The minimum absolute atomic E-state index is 0.179. The Morgan fingerprint density at radius 3 is 1.40 bits per heavy atom. The number of thiophene rings is 2. The van der Waals surface area contributed by atoms with Crippen molar-refractivity contribution in [2.24, 2.45) is 0 Å². The molecule has 4 heterocycles. The van der Waals surface area contributed by atoms with E-state index >= 15 is 0 Å². The summed E-state index contributed by atoms with van der Waals surface area (Å²) in [7, 11) is -3.77. The summed E-state index contributed by atoms with van der Waals surface area (Å²) in [6.07, 6.45) is 8.80. The molecule has 45 heavy (non-hydrogen) atoms. The highest BCUT2D eigenvalue weighted by molar-refractivity contribution is 7.91. The van der Waals surface area contributed by atoms with Gasteiger partial charge in [-0.3, -0.25) is 0 Å². The number of sulfone groups is 1. The third-order valence-electron chi connectivity index (χ3n) is 8.48. The maximum Gasteiger partial charge on any atom is 0.231 e. The Morgan fingerprint density at radius 1 is 0.578 bits per heavy atom. The van der Waals surface area contributed by atoms with Gasteiger partial charge >= 0.3 is 0 Å². The predicted molar refractivity (Wildman–Crippen MR) is 176 cm³/mol. The lowest BCUT2D eigenvalue weighted by Crippen LogP contribution is -2.03. The van der Waals surface area contributed by atoms with Crippen LogP contribution in [0.5, 0.6) is 23.3 Å². The molecule has 0 aliphatic heterocycles. The van der Waals surface area contributed by atoms with Crippen molar-refractivity contribution in [1.82, 2.24) is 19.9 Å². The van der Waals surface area contributed by atoms with Gasteiger partial charge in [0, 0.05) is 9.75 Å². The van der Waals surface area contributed by atoms with Crippen LogP contribution < -0.4 is 9.47 Å². The van der Waals surface area contributed by atoms with Gasteiger partial charge in [-0.2, -0.15) is 9.97 Å². The number of fused-ring (bicyclic) bond motifs is 6. The summed E-state index contributed by atoms with van der Waals surface area (Å²) >= 11 is 3.45. The molecule has 11 heteroatoms. The van der Waals surface area contributed by atoms with E-state index in [2.05, 4.69) is 19.9 Å². The van der Waals surface area contributed by atoms with Crippen LogP contribution in [-0.4, -0.2) is 28.4 Å². The Bertz CT molecular complexity index is 2050. The van der Waals surface area contributed by atoms with Crippen molar-refractivity contribution in [3.8, 4) is 23.3 Å². The lowest BCUT2D eigenvalue weighted by molar-refractivity contribution is 0.465. The number of aryl methyl sites for hydroxylation is 6. The van der Waals surface area contributed by atoms with Crippen molar-refractivity contribution < 1.29 is 17.9 Å². The van der Waals surface area contributed by atoms with E-state index in [1.165, 1.54) is 33.7 Å². The number of nitrogens with zero attached hydrogens (tertiary/aromatic N) is 4. The third kappa shape index (κ3) is 5.16. The van der Waals surface area contributed by atoms with Gasteiger partial charge in [0.15, 0.2) is 0 Å². The van der Waals surface area contributed by atoms with Gasteiger partial charge in [-0.1, -0.05) is 0 Å². The second kappa shape index (κ2) is 11.1. The zero-order valence-electron chi connectivity index (χ0n) is 24.9. The minimum atomic E-state index is -3.77. The normalized spacial score (nSPS) is 14.8. The molecule has 0 amide bonds. The van der Waals surface area contributed by atoms with Crippen LogP contribution in [0.25, 0.3) is 20.4 Å². The molecule has 8 nitrogen and oxygen atoms in total. The molecule has 0 saturated heterocycles. The lowest BCUT2D eigenvalue weighted by atomic mass is 9.97. The van der Waals surface area contributed by atoms with Crippen LogP contribution in [0, 0.1) is 13.8 Å². The van der Waals surface area contributed by atoms with E-state index in [9.17, 15) is 8.42 Å². The summed E-state index contributed by atoms with van der Waals surface area (Å²) < 4.78 is 39.6. The van der Waals surface area contributed by atoms with Crippen molar-refractivity contribution in [1.29, 1.82) is 0 Å². The van der Waals surface area contributed by atoms with Gasteiger partial charge in [0.25, 0.3) is 0 Å². The summed E-state index contributed by atoms with van der Waals surface area (Å²) in [5.74, 6) is 3.41. The molecule has 0 unspecified atom stereocenters. The van der Waals surface area contributed by atoms with Crippen LogP contribution in [0.3, 0.4) is 0 Å². The van der Waals surface area contributed by atoms with Crippen molar-refractivity contribution in [3.63, 3.8) is 0 Å². The first-order chi connectivity index (χ1) is 21.8. The van der Waals surface area contributed by atoms with Crippen molar-refractivity contribution >= 4 is 52.9 Å². The van der Waals surface area contributed by atoms with Crippen LogP contribution in [0.4, 0.5) is 0 Å². The molecule has 2 aliphatic carbocycles. The number of hydrogen-bond acceptors (Lipinski definition) is 10. The molecule has 228 valence electrons. The Kier molecular flexibility index (Phi) is 7.07. The van der Waals surface area contributed by atoms with Gasteiger partial charge in [-0.15, -0.1) is 22.7 Å². The summed E-state index contributed by atoms with van der Waals surface area (Å²) in [4.78, 5) is 23.5. The molecule has 2 aromatic carbocycles. The van der Waals surface area contributed by atoms with Gasteiger partial charge in [0.1, 0.15) is 32.8 Å². The number of ether oxygens (including phenoxy) is 2. The fraction of sp³-hybridized carbons (Fsp3) is 0.294. The summed E-state index contributed by atoms with van der Waals surface area (Å²) in [5.41, 5.74) is 2.58. The summed E-state index contributed by atoms with van der Waals surface area (Å²) in [6.45, 7) is 3.72. The summed E-state index contributed by atoms with van der Waals surface area (Å²) in [5, 5.41) is 1.96. The number of hydrogen-bond donors (Lipinski definition) is 0. The molecule has 0 bridgehead atoms. The molecule has 6 aromatic rings. The topological polar surface area (TPSA) is 104 Å². The first-order valence-electron chi connectivity index (χ1n) is 15.2. The second-order valence-corrected chi connectivity index (χ2v) is 15.7. The number of benzene rings is 2. The van der Waals surface area contributed by atoms with E-state index in [0.717, 1.165) is 59.0 Å². The molecule has 8 rings (SSSR count). The van der Waals surface area contributed by atoms with Gasteiger partial charge in [-0.05, 0) is 125 Å². The van der Waals surface area contributed by atoms with Gasteiger partial charge in [0.05, 0.1) is 20.6 Å². The maximum absolute atomic E-state index is 13.5. The van der Waals surface area contributed by atoms with E-state index in [0.29, 0.717) is 34.9 Å². The molecule has 0 N–H and O–H groups in total. The molecule has 0 fully saturated rings. The fourth-order valence-corrected chi connectivity index (χ4v) is 10.2. The minimum Gasteiger partial charge on any atom is -0.438 e. The highest BCUT2D eigenvalue weighted by Gasteiger charge is 2.24. The lowest BCUT2D eigenvalue weighted by Gasteiger charge is -2.13. The Morgan fingerprint density at radius 2 is 0.978 bits per heavy atom. The zero-order valence-corrected chi connectivity index (χ0v) is 27.4. The van der Waals surface area contributed by atoms with Crippen LogP contribution >= 0.6 is 22.7 Å². The largest absolute Gasteiger partial charge is 0.438 e. The summed E-state index contributed by atoms with van der Waals surface area (Å²) in [6, 6.07) is 13.0. The SMILES string of the molecule is Cc1nc(Oc2ccc(S(=O)(=O)c3ccc(Oc4nc(C)nc5sc6c(c45)CCCC6)cc3)cc2)c2c3c(sc2n1)CCCC3. The van der Waals surface area contributed by atoms with E-state index in [1.54, 1.807) is 71.2 Å². The number of aromatic nitrogens is 4. The van der Waals surface area contributed by atoms with Crippen molar-refractivity contribution in [2.75, 3.05) is 0 Å². The Hall–Kier alpha value is -3.93. The van der Waals surface area contributed by atoms with E-state index in [-0.39, 0.29) is 9.79 Å². The molecule has 0 radical (unpaired) electrons. The number of rotatable bonds is 6. The highest BCUT2D eigenvalue weighted by atomic mass is 32.2. The maximum atomic E-state index is 13.5. The smallest absolute Gasteiger partial charge is 0.231 e. The van der Waals surface area contributed by atoms with Crippen molar-refractivity contribution in [2.45, 2.75) is 75.0 Å². The fourth-order valence-electron chi connectivity index (χ4n) is 6.33. The Balaban J connectivity index is 1.04. The monoisotopic (exact) mass is 654 g/mol. The third-order valence-corrected chi connectivity index (χ3v) is 12.6. The van der Waals surface area contributed by atoms with Gasteiger partial charge < -0.3 is 9.47 Å². The zero-order chi connectivity index (χ0) is 30.7. The molecular weight excluding hydrogens is 625 g/mol. The standard InChI is InChI=1S/C34H30N4O4S3/c1-19-35-31(29-25-7-3-5-9-27(25)43-33(29)37-19)41-21-11-15-23(16-12-21)45(39,40)24-17-13-22(14-18-24)42-32-30-26-8-4-6-10-28(26)44-34(30)38-20(2)36-32/h11-18H,3-10H2,1-2H3. The van der Waals surface area contributed by atoms with Crippen LogP contribution in [-0.2, 0) is 35.5 Å². The predicted octanol–water partition coefficient (Wildman–Crippen LogP) is 8.49. The first-order valence-corrected chi connectivity index (χ1v) is 18.3. The molecule has 0 saturated carbocycles. The van der Waals surface area contributed by atoms with E-state index in [1.807, 2.05) is 13.8 Å². The average molecular weight is 655 g/mol. The molecular formula is C34H30N4O4S3. The average Bonchev–Trinajstić information content (AvgIpc) is 3.59. The van der Waals surface area contributed by atoms with Crippen LogP contribution in [0.15, 0.2) is 58.3 Å². The molecule has 0 spiro atoms. The van der Waals surface area contributed by atoms with E-state index in [4.69, 9.17) is 9.47 Å². The Labute approximate surface area is 269 Å².